The molecule has 0 spiro atoms. The number of nitrogens with zero attached hydrogens (tertiary/aromatic N) is 5. The topological polar surface area (TPSA) is 367 Å². The molecule has 2 fully saturated rings. The number of aliphatic imine (C=N–C) groups is 1. The number of anilines is 2. The quantitative estimate of drug-likeness (QED) is 0.0259. The number of amides is 9. The average Bonchev–Trinajstić information content (AvgIpc) is 1.62. The highest BCUT2D eigenvalue weighted by atomic mass is 32.2. The van der Waals surface area contributed by atoms with Gasteiger partial charge in [-0.1, -0.05) is 122 Å². The molecular weight excluding hydrogens is 1610 g/mol. The molecule has 6 aliphatic rings. The summed E-state index contributed by atoms with van der Waals surface area (Å²) < 4.78 is 75.1. The molecule has 7 atom stereocenters. The van der Waals surface area contributed by atoms with E-state index in [4.69, 9.17) is 61.6 Å². The molecule has 9 amide bonds. The first-order valence-corrected chi connectivity index (χ1v) is 44.5. The van der Waals surface area contributed by atoms with Crippen molar-refractivity contribution in [1.82, 2.24) is 30.7 Å². The molecule has 3 aromatic rings. The smallest absolute Gasteiger partial charge is 0.416 e. The lowest BCUT2D eigenvalue weighted by Gasteiger charge is -2.32. The van der Waals surface area contributed by atoms with Crippen molar-refractivity contribution < 1.29 is 110 Å². The van der Waals surface area contributed by atoms with Crippen LogP contribution >= 0.6 is 11.8 Å². The fraction of sp³-hybridized carbons (Fsp3) is 0.644. The summed E-state index contributed by atoms with van der Waals surface area (Å²) >= 11 is 1.70. The van der Waals surface area contributed by atoms with E-state index in [-0.39, 0.29) is 134 Å². The van der Waals surface area contributed by atoms with Crippen molar-refractivity contribution >= 4 is 88.4 Å². The molecular formula is C90H131N9O23S. The van der Waals surface area contributed by atoms with Crippen LogP contribution in [0.5, 0.6) is 23.0 Å². The van der Waals surface area contributed by atoms with E-state index < -0.39 is 59.7 Å². The number of carbonyl (C=O) groups excluding carboxylic acids is 9. The molecule has 5 aliphatic heterocycles. The van der Waals surface area contributed by atoms with Gasteiger partial charge in [0, 0.05) is 73.5 Å². The van der Waals surface area contributed by atoms with Crippen LogP contribution < -0.4 is 45.1 Å². The summed E-state index contributed by atoms with van der Waals surface area (Å²) in [6.07, 6.45) is 20.3. The zero-order chi connectivity index (χ0) is 88.3. The van der Waals surface area contributed by atoms with Gasteiger partial charge in [0.1, 0.15) is 30.9 Å². The number of thioether (sulfide) groups is 1. The number of likely N-dealkylation sites (tertiary alicyclic amines) is 1. The Morgan fingerprint density at radius 1 is 0.610 bits per heavy atom. The molecule has 680 valence electrons. The highest BCUT2D eigenvalue weighted by molar-refractivity contribution is 8.02. The van der Waals surface area contributed by atoms with Crippen molar-refractivity contribution in [3.8, 4) is 23.0 Å². The summed E-state index contributed by atoms with van der Waals surface area (Å²) in [6, 6.07) is 9.62. The van der Waals surface area contributed by atoms with E-state index in [0.29, 0.717) is 139 Å². The molecule has 2 unspecified atom stereocenters. The van der Waals surface area contributed by atoms with Crippen LogP contribution in [-0.2, 0) is 78.0 Å². The van der Waals surface area contributed by atoms with E-state index in [2.05, 4.69) is 33.2 Å². The third kappa shape index (κ3) is 30.2. The molecule has 1 saturated heterocycles. The largest absolute Gasteiger partial charge is 0.493 e. The molecule has 0 bridgehead atoms. The van der Waals surface area contributed by atoms with Crippen LogP contribution in [0.25, 0.3) is 0 Å². The molecule has 123 heavy (non-hydrogen) atoms. The standard InChI is InChI=1S/C90H131N9O23S/c1-11-89(7,122-76-53-70-68(51-74(76)111-10)84(105)97-57-62(4)49-67(97)56-92-70)60-121-75-54-71-69(52-73(75)110-9)85(106)98-58-63(5)50-72(98)86(107)99(71)88(109)120-59-65-23-25-66(26-24-65)94-82(103)64(6)93-83(104)81(61(2)3)95-79(101)28-33-112-35-37-114-39-41-116-43-45-118-47-48-119-46-44-117-42-40-115-38-36-113-34-31-91-78(100)27-32-96-80(102)55-77(87(96)108)123-90(8)29-21-19-17-15-13-12-14-16-18-20-22-30-90/h23-26,51-54,56-58,61,64,67,72,77,81,86,107H,11-22,27-50,55,59-60H2,1-10H3,(H,91,100)(H,93,104)(H,94,103)(H,95,101)/t64-,67-,72-,77?,81-,86-,89?/m0/s1. The maximum absolute atomic E-state index is 14.5. The first-order valence-electron chi connectivity index (χ1n) is 43.7. The zero-order valence-electron chi connectivity index (χ0n) is 73.5. The van der Waals surface area contributed by atoms with Gasteiger partial charge in [-0.25, -0.2) is 9.69 Å². The summed E-state index contributed by atoms with van der Waals surface area (Å²) in [5.74, 6) is -2.19. The first-order chi connectivity index (χ1) is 59.3. The van der Waals surface area contributed by atoms with Crippen LogP contribution in [0.4, 0.5) is 21.9 Å². The molecule has 5 heterocycles. The summed E-state index contributed by atoms with van der Waals surface area (Å²) in [4.78, 5) is 132. The Hall–Kier alpha value is -8.77. The number of imide groups is 1. The summed E-state index contributed by atoms with van der Waals surface area (Å²) in [6.45, 7) is 20.4. The molecule has 3 aromatic carbocycles. The number of nitrogens with one attached hydrogen (secondary N) is 4. The average molecular weight is 1740 g/mol. The Morgan fingerprint density at radius 3 is 1.71 bits per heavy atom. The van der Waals surface area contributed by atoms with Crippen molar-refractivity contribution in [3.63, 3.8) is 0 Å². The molecule has 0 radical (unpaired) electrons. The minimum atomic E-state index is -1.58. The number of aliphatic hydroxyl groups is 1. The molecule has 33 heteroatoms. The maximum Gasteiger partial charge on any atom is 0.416 e. The van der Waals surface area contributed by atoms with Crippen LogP contribution in [0.15, 0.2) is 77.1 Å². The van der Waals surface area contributed by atoms with Crippen molar-refractivity contribution in [1.29, 1.82) is 0 Å². The number of aliphatic hydroxyl groups excluding tert-OH is 1. The molecule has 1 aliphatic carbocycles. The third-order valence-electron chi connectivity index (χ3n) is 22.4. The van der Waals surface area contributed by atoms with Crippen LogP contribution in [0.1, 0.15) is 204 Å². The fourth-order valence-corrected chi connectivity index (χ4v) is 16.8. The maximum atomic E-state index is 14.5. The Balaban J connectivity index is 0.572. The number of fused-ring (bicyclic) bond motifs is 4. The second-order valence-corrected chi connectivity index (χ2v) is 34.5. The lowest BCUT2D eigenvalue weighted by molar-refractivity contribution is -0.138. The minimum absolute atomic E-state index is 0.00272. The van der Waals surface area contributed by atoms with Gasteiger partial charge in [0.25, 0.3) is 11.8 Å². The van der Waals surface area contributed by atoms with Gasteiger partial charge in [-0.3, -0.25) is 48.2 Å². The number of benzene rings is 3. The van der Waals surface area contributed by atoms with Gasteiger partial charge in [-0.2, -0.15) is 0 Å². The summed E-state index contributed by atoms with van der Waals surface area (Å²) in [7, 11) is 2.90. The number of rotatable bonds is 48. The Bertz CT molecular complexity index is 4060. The highest BCUT2D eigenvalue weighted by Crippen LogP contribution is 2.46. The van der Waals surface area contributed by atoms with E-state index in [9.17, 15) is 48.3 Å². The number of ether oxygens (including phenoxy) is 13. The van der Waals surface area contributed by atoms with E-state index in [0.717, 1.165) is 41.7 Å². The van der Waals surface area contributed by atoms with E-state index in [1.54, 1.807) is 79.3 Å². The van der Waals surface area contributed by atoms with Crippen LogP contribution in [-0.4, -0.2) is 265 Å². The summed E-state index contributed by atoms with van der Waals surface area (Å²) in [5, 5.41) is 22.8. The second-order valence-electron chi connectivity index (χ2n) is 32.8. The molecule has 1 saturated carbocycles. The van der Waals surface area contributed by atoms with Crippen molar-refractivity contribution in [2.24, 2.45) is 10.9 Å². The van der Waals surface area contributed by atoms with Gasteiger partial charge in [0.2, 0.25) is 35.4 Å². The predicted molar refractivity (Wildman–Crippen MR) is 464 cm³/mol. The van der Waals surface area contributed by atoms with Crippen LogP contribution in [0.2, 0.25) is 0 Å². The number of hydrogen-bond acceptors (Lipinski definition) is 25. The lowest BCUT2D eigenvalue weighted by Crippen LogP contribution is -2.53. The van der Waals surface area contributed by atoms with Crippen molar-refractivity contribution in [2.75, 3.05) is 150 Å². The van der Waals surface area contributed by atoms with Gasteiger partial charge in [-0.15, -0.1) is 11.8 Å². The van der Waals surface area contributed by atoms with Crippen molar-refractivity contribution in [2.45, 2.75) is 230 Å². The van der Waals surface area contributed by atoms with Crippen LogP contribution in [0.3, 0.4) is 0 Å². The Morgan fingerprint density at radius 2 is 1.14 bits per heavy atom. The third-order valence-corrected chi connectivity index (χ3v) is 24.1. The van der Waals surface area contributed by atoms with Gasteiger partial charge in [0.05, 0.1) is 160 Å². The minimum Gasteiger partial charge on any atom is -0.493 e. The molecule has 9 rings (SSSR count). The van der Waals surface area contributed by atoms with Crippen LogP contribution in [0, 0.1) is 5.92 Å². The van der Waals surface area contributed by atoms with E-state index >= 15 is 0 Å². The number of carbonyl (C=O) groups is 9. The van der Waals surface area contributed by atoms with Crippen molar-refractivity contribution in [3.05, 3.63) is 88.8 Å². The summed E-state index contributed by atoms with van der Waals surface area (Å²) in [5.41, 5.74) is 2.54. The first kappa shape index (κ1) is 98.0. The van der Waals surface area contributed by atoms with Gasteiger partial charge in [0.15, 0.2) is 29.2 Å². The number of methoxy groups -OCH3 is 2. The Kier molecular flexibility index (Phi) is 40.2. The van der Waals surface area contributed by atoms with Gasteiger partial charge in [-0.05, 0) is 95.5 Å². The highest BCUT2D eigenvalue weighted by Gasteiger charge is 2.47. The number of hydrogen-bond donors (Lipinski definition) is 5. The monoisotopic (exact) mass is 1740 g/mol. The normalized spacial score (nSPS) is 19.6. The van der Waals surface area contributed by atoms with E-state index in [1.165, 1.54) is 101 Å². The lowest BCUT2D eigenvalue weighted by atomic mass is 9.94. The zero-order valence-corrected chi connectivity index (χ0v) is 74.4. The molecule has 0 aromatic heterocycles. The fourth-order valence-electron chi connectivity index (χ4n) is 15.2. The van der Waals surface area contributed by atoms with Gasteiger partial charge < -0.3 is 97.8 Å². The van der Waals surface area contributed by atoms with E-state index in [1.807, 2.05) is 33.9 Å². The van der Waals surface area contributed by atoms with Gasteiger partial charge >= 0.3 is 6.09 Å². The SMILES string of the molecule is CCC(C)(COc1cc2c(cc1OC)C(=O)N1C=C(C)C[C@H]1[C@H](O)N2C(=O)OCc1ccc(NC(=O)[C@H](C)NC(=O)[C@@H](NC(=O)CCOCCOCCOCCOCCOCCOCCOCCOCCNC(=O)CCN2C(=O)CC(SC3(C)CCCCCCCCCCCCC3)C2=O)C(C)C)cc1)Oc1cc2c(cc1OC)C(=O)N1C=C(C)C[C@H]1C=N2. The molecule has 32 nitrogen and oxygen atoms in total. The molecule has 5 N–H and O–H groups in total. The Labute approximate surface area is 727 Å². The second kappa shape index (κ2) is 50.4. The predicted octanol–water partition coefficient (Wildman–Crippen LogP) is 11.1.